The SMILES string of the molecule is CCCCN(CCCC)c1ccc(-c2ccc(-c3ccc(-c4ccc(-c5cc(-c6ccc(-c7ccc(-c8ccc(-c9ccc(N(CCCC)CCCC)cc9)s8)s7)s6)nc(-c6ccc(-c7ccc(-c8ccc(-c9ccc(N(CCCC)CCCC)cc9)s8)s7)s6)c5)s4)s3)s2)cc1. The molecule has 10 heterocycles. The summed E-state index contributed by atoms with van der Waals surface area (Å²) in [5.41, 5.74) is 11.1. The Balaban J connectivity index is 0.754. The van der Waals surface area contributed by atoms with E-state index in [-0.39, 0.29) is 0 Å². The van der Waals surface area contributed by atoms with Crippen molar-refractivity contribution in [3.63, 3.8) is 0 Å². The average Bonchev–Trinajstić information content (AvgIpc) is 1.90. The van der Waals surface area contributed by atoms with Gasteiger partial charge in [0.15, 0.2) is 0 Å². The fraction of sp³-hybridized carbons (Fsp3) is 0.289. The molecule has 0 aliphatic carbocycles. The molecule has 0 spiro atoms. The Morgan fingerprint density at radius 3 is 0.604 bits per heavy atom. The standard InChI is InChI=1S/C83H86N4S9/c1-7-13-49-85(50-14-8-2)61-25-19-57(20-26-61)66-31-37-72(88-66)78-43-44-81(94-78)75-40-34-69(91-75)60-55-64(70-35-41-76(92-70)82-47-45-79(95-82)73-38-32-67(89-73)58-21-27-62(28-22-58)86(51-15-9-3)52-16-10-4)84-65(56-60)71-36-42-77(93-71)83-48-46-80(96-83)74-39-33-68(90-74)59-23-29-63(30-24-59)87(53-17-11-5)54-18-12-6/h19-48,55-56H,7-18,49-54H2,1-6H3. The first kappa shape index (κ1) is 68.1. The smallest absolute Gasteiger partial charge is 0.0816 e. The Hall–Kier alpha value is -6.49. The first-order chi connectivity index (χ1) is 47.2. The van der Waals surface area contributed by atoms with Crippen LogP contribution in [0.15, 0.2) is 194 Å². The summed E-state index contributed by atoms with van der Waals surface area (Å²) in [6.45, 7) is 20.4. The number of nitrogens with zero attached hydrogens (tertiary/aromatic N) is 4. The van der Waals surface area contributed by atoms with Gasteiger partial charge in [-0.15, -0.1) is 102 Å². The van der Waals surface area contributed by atoms with Crippen LogP contribution < -0.4 is 14.7 Å². The van der Waals surface area contributed by atoms with Crippen LogP contribution in [0, 0.1) is 0 Å². The number of thiophene rings is 9. The zero-order valence-electron chi connectivity index (χ0n) is 56.2. The molecule has 13 rings (SSSR count). The molecular formula is C83H86N4S9. The minimum Gasteiger partial charge on any atom is -0.372 e. The minimum absolute atomic E-state index is 1.01. The van der Waals surface area contributed by atoms with Crippen LogP contribution in [-0.4, -0.2) is 44.3 Å². The maximum Gasteiger partial charge on any atom is 0.0816 e. The van der Waals surface area contributed by atoms with Gasteiger partial charge in [-0.2, -0.15) is 0 Å². The van der Waals surface area contributed by atoms with Crippen LogP contribution in [0.3, 0.4) is 0 Å². The van der Waals surface area contributed by atoms with Crippen molar-refractivity contribution in [2.75, 3.05) is 54.0 Å². The molecular weight excluding hydrogens is 1340 g/mol. The molecule has 3 aromatic carbocycles. The lowest BCUT2D eigenvalue weighted by Gasteiger charge is -2.24. The molecule has 4 nitrogen and oxygen atoms in total. The molecule has 0 amide bonds. The molecule has 0 fully saturated rings. The van der Waals surface area contributed by atoms with Crippen molar-refractivity contribution in [3.05, 3.63) is 194 Å². The normalized spacial score (nSPS) is 11.6. The van der Waals surface area contributed by atoms with Crippen LogP contribution in [0.2, 0.25) is 0 Å². The number of rotatable bonds is 33. The molecule has 0 aliphatic heterocycles. The first-order valence-electron chi connectivity index (χ1n) is 34.7. The van der Waals surface area contributed by atoms with E-state index in [0.717, 1.165) is 50.7 Å². The van der Waals surface area contributed by atoms with E-state index >= 15 is 0 Å². The van der Waals surface area contributed by atoms with Crippen molar-refractivity contribution in [1.29, 1.82) is 0 Å². The molecule has 0 bridgehead atoms. The third-order valence-electron chi connectivity index (χ3n) is 17.8. The van der Waals surface area contributed by atoms with Crippen molar-refractivity contribution in [3.8, 4) is 121 Å². The zero-order valence-corrected chi connectivity index (χ0v) is 63.5. The summed E-state index contributed by atoms with van der Waals surface area (Å²) < 4.78 is 0. The van der Waals surface area contributed by atoms with Gasteiger partial charge in [0.05, 0.1) is 21.1 Å². The number of pyridine rings is 1. The second kappa shape index (κ2) is 32.9. The highest BCUT2D eigenvalue weighted by molar-refractivity contribution is 7.29. The minimum atomic E-state index is 1.01. The summed E-state index contributed by atoms with van der Waals surface area (Å²) >= 11 is 16.9. The van der Waals surface area contributed by atoms with Crippen molar-refractivity contribution in [2.24, 2.45) is 0 Å². The number of unbranched alkanes of at least 4 members (excludes halogenated alkanes) is 6. The Labute approximate surface area is 606 Å². The van der Waals surface area contributed by atoms with Crippen LogP contribution in [0.1, 0.15) is 119 Å². The number of hydrogen-bond donors (Lipinski definition) is 0. The topological polar surface area (TPSA) is 22.6 Å². The predicted molar refractivity (Wildman–Crippen MR) is 436 cm³/mol. The van der Waals surface area contributed by atoms with Gasteiger partial charge in [-0.05, 0) is 219 Å². The molecule has 96 heavy (non-hydrogen) atoms. The second-order valence-electron chi connectivity index (χ2n) is 24.8. The second-order valence-corrected chi connectivity index (χ2v) is 34.6. The fourth-order valence-corrected chi connectivity index (χ4v) is 21.7. The largest absolute Gasteiger partial charge is 0.372 e. The molecule has 492 valence electrons. The van der Waals surface area contributed by atoms with Gasteiger partial charge in [-0.1, -0.05) is 116 Å². The van der Waals surface area contributed by atoms with Crippen LogP contribution in [-0.2, 0) is 0 Å². The van der Waals surface area contributed by atoms with Gasteiger partial charge < -0.3 is 14.7 Å². The summed E-state index contributed by atoms with van der Waals surface area (Å²) in [5, 5.41) is 0. The van der Waals surface area contributed by atoms with Crippen molar-refractivity contribution >= 4 is 119 Å². The van der Waals surface area contributed by atoms with E-state index in [4.69, 9.17) is 4.98 Å². The van der Waals surface area contributed by atoms with Gasteiger partial charge in [-0.3, -0.25) is 0 Å². The van der Waals surface area contributed by atoms with E-state index in [2.05, 4.69) is 250 Å². The van der Waals surface area contributed by atoms with Crippen molar-refractivity contribution in [1.82, 2.24) is 4.98 Å². The number of anilines is 3. The molecule has 13 heteroatoms. The van der Waals surface area contributed by atoms with Gasteiger partial charge in [0, 0.05) is 134 Å². The Kier molecular flexibility index (Phi) is 23.3. The van der Waals surface area contributed by atoms with Gasteiger partial charge in [0.25, 0.3) is 0 Å². The van der Waals surface area contributed by atoms with E-state index < -0.39 is 0 Å². The Morgan fingerprint density at radius 1 is 0.208 bits per heavy atom. The third kappa shape index (κ3) is 16.3. The van der Waals surface area contributed by atoms with Crippen LogP contribution >= 0.6 is 102 Å². The Morgan fingerprint density at radius 2 is 0.385 bits per heavy atom. The van der Waals surface area contributed by atoms with Crippen LogP contribution in [0.25, 0.3) is 121 Å². The first-order valence-corrected chi connectivity index (χ1v) is 42.1. The molecule has 0 unspecified atom stereocenters. The van der Waals surface area contributed by atoms with Crippen LogP contribution in [0.4, 0.5) is 17.1 Å². The lowest BCUT2D eigenvalue weighted by molar-refractivity contribution is 0.678. The highest BCUT2D eigenvalue weighted by Crippen LogP contribution is 2.49. The predicted octanol–water partition coefficient (Wildman–Crippen LogP) is 28.9. The summed E-state index contributed by atoms with van der Waals surface area (Å²) in [4.78, 5) is 36.3. The monoisotopic (exact) mass is 1430 g/mol. The quantitative estimate of drug-likeness (QED) is 0.0409. The third-order valence-corrected chi connectivity index (χ3v) is 28.9. The fourth-order valence-electron chi connectivity index (χ4n) is 12.2. The van der Waals surface area contributed by atoms with E-state index in [0.29, 0.717) is 0 Å². The lowest BCUT2D eigenvalue weighted by Crippen LogP contribution is -2.25. The molecule has 0 saturated carbocycles. The number of benzene rings is 3. The molecule has 0 saturated heterocycles. The zero-order chi connectivity index (χ0) is 65.7. The number of aromatic nitrogens is 1. The summed E-state index contributed by atoms with van der Waals surface area (Å²) in [7, 11) is 0. The summed E-state index contributed by atoms with van der Waals surface area (Å²) in [6, 6.07) is 74.1. The lowest BCUT2D eigenvalue weighted by atomic mass is 10.1. The van der Waals surface area contributed by atoms with E-state index in [1.165, 1.54) is 204 Å². The molecule has 0 N–H and O–H groups in total. The van der Waals surface area contributed by atoms with Gasteiger partial charge in [0.2, 0.25) is 0 Å². The highest BCUT2D eigenvalue weighted by Gasteiger charge is 2.20. The summed E-state index contributed by atoms with van der Waals surface area (Å²) in [5.74, 6) is 0. The van der Waals surface area contributed by atoms with Crippen LogP contribution in [0.5, 0.6) is 0 Å². The van der Waals surface area contributed by atoms with Crippen molar-refractivity contribution in [2.45, 2.75) is 119 Å². The molecule has 0 aliphatic rings. The maximum absolute atomic E-state index is 5.55. The maximum atomic E-state index is 5.55. The number of hydrogen-bond acceptors (Lipinski definition) is 13. The molecule has 0 atom stereocenters. The van der Waals surface area contributed by atoms with Gasteiger partial charge in [0.1, 0.15) is 0 Å². The molecule has 13 aromatic rings. The molecule has 0 radical (unpaired) electrons. The van der Waals surface area contributed by atoms with Crippen molar-refractivity contribution < 1.29 is 0 Å². The van der Waals surface area contributed by atoms with E-state index in [9.17, 15) is 0 Å². The van der Waals surface area contributed by atoms with Gasteiger partial charge in [-0.25, -0.2) is 4.98 Å². The Bertz CT molecular complexity index is 4060. The van der Waals surface area contributed by atoms with E-state index in [1.54, 1.807) is 0 Å². The average molecular weight is 1430 g/mol. The van der Waals surface area contributed by atoms with E-state index in [1.807, 2.05) is 102 Å². The summed E-state index contributed by atoms with van der Waals surface area (Å²) in [6.07, 6.45) is 14.6. The highest BCUT2D eigenvalue weighted by atomic mass is 32.1. The van der Waals surface area contributed by atoms with Gasteiger partial charge >= 0.3 is 0 Å². The molecule has 10 aromatic heterocycles.